The molecule has 0 aromatic heterocycles. The summed E-state index contributed by atoms with van der Waals surface area (Å²) in [4.78, 5) is 66.1. The van der Waals surface area contributed by atoms with Crippen LogP contribution in [0.15, 0.2) is 0 Å². The molecule has 3 N–H and O–H groups in total. The van der Waals surface area contributed by atoms with Crippen molar-refractivity contribution >= 4 is 29.6 Å². The number of amides is 4. The van der Waals surface area contributed by atoms with Crippen LogP contribution in [0.4, 0.5) is 4.79 Å². The summed E-state index contributed by atoms with van der Waals surface area (Å²) in [5, 5.41) is 8.18. The minimum atomic E-state index is -1.15. The minimum absolute atomic E-state index is 0.270. The van der Waals surface area contributed by atoms with E-state index in [1.54, 1.807) is 18.7 Å². The zero-order chi connectivity index (χ0) is 26.7. The van der Waals surface area contributed by atoms with Gasteiger partial charge in [0.15, 0.2) is 0 Å². The largest absolute Gasteiger partial charge is 0.467 e. The molecule has 1 aliphatic carbocycles. The summed E-state index contributed by atoms with van der Waals surface area (Å²) in [5.41, 5.74) is -1.15. The van der Waals surface area contributed by atoms with Crippen LogP contribution in [0, 0.1) is 5.92 Å². The first-order valence-electron chi connectivity index (χ1n) is 13.0. The summed E-state index contributed by atoms with van der Waals surface area (Å²) in [6, 6.07) is -2.38. The van der Waals surface area contributed by atoms with E-state index in [2.05, 4.69) is 16.0 Å². The molecule has 1 aliphatic heterocycles. The summed E-state index contributed by atoms with van der Waals surface area (Å²) in [7, 11) is 1.21. The van der Waals surface area contributed by atoms with Crippen LogP contribution in [0.2, 0.25) is 0 Å². The van der Waals surface area contributed by atoms with E-state index < -0.39 is 41.2 Å². The van der Waals surface area contributed by atoms with E-state index in [1.165, 1.54) is 7.11 Å². The van der Waals surface area contributed by atoms with E-state index in [-0.39, 0.29) is 18.4 Å². The molecular weight excluding hydrogens is 468 g/mol. The minimum Gasteiger partial charge on any atom is -0.467 e. The van der Waals surface area contributed by atoms with E-state index in [9.17, 15) is 24.0 Å². The third kappa shape index (κ3) is 7.91. The van der Waals surface area contributed by atoms with Crippen LogP contribution in [-0.4, -0.2) is 85.5 Å². The molecule has 1 saturated heterocycles. The Morgan fingerprint density at radius 2 is 1.64 bits per heavy atom. The van der Waals surface area contributed by atoms with E-state index in [0.717, 1.165) is 25.7 Å². The molecule has 0 unspecified atom stereocenters. The molecule has 1 saturated carbocycles. The molecule has 0 spiro atoms. The lowest BCUT2D eigenvalue weighted by molar-refractivity contribution is -0.148. The highest BCUT2D eigenvalue weighted by Gasteiger charge is 2.43. The molecule has 11 nitrogen and oxygen atoms in total. The van der Waals surface area contributed by atoms with Gasteiger partial charge in [0.25, 0.3) is 5.91 Å². The first-order valence-corrected chi connectivity index (χ1v) is 13.0. The molecule has 2 aliphatic rings. The lowest BCUT2D eigenvalue weighted by Crippen LogP contribution is -2.65. The Bertz CT molecular complexity index is 789. The number of hydrogen-bond donors (Lipinski definition) is 3. The molecule has 204 valence electrons. The predicted octanol–water partition coefficient (Wildman–Crippen LogP) is 1.29. The zero-order valence-corrected chi connectivity index (χ0v) is 22.0. The van der Waals surface area contributed by atoms with Crippen molar-refractivity contribution in [1.82, 2.24) is 20.9 Å². The number of hydrogen-bond acceptors (Lipinski definition) is 7. The quantitative estimate of drug-likeness (QED) is 0.281. The van der Waals surface area contributed by atoms with E-state index >= 15 is 0 Å². The first-order chi connectivity index (χ1) is 17.1. The van der Waals surface area contributed by atoms with Gasteiger partial charge >= 0.3 is 12.0 Å². The Morgan fingerprint density at radius 1 is 1.00 bits per heavy atom. The summed E-state index contributed by atoms with van der Waals surface area (Å²) in [5.74, 6) is -3.17. The third-order valence-corrected chi connectivity index (χ3v) is 6.89. The molecule has 1 heterocycles. The number of ether oxygens (including phenoxy) is 2. The molecule has 2 fully saturated rings. The molecule has 2 atom stereocenters. The highest BCUT2D eigenvalue weighted by molar-refractivity contribution is 6.38. The molecule has 11 heteroatoms. The lowest BCUT2D eigenvalue weighted by Gasteiger charge is -2.39. The normalized spacial score (nSPS) is 19.1. The van der Waals surface area contributed by atoms with Crippen molar-refractivity contribution in [2.24, 2.45) is 5.92 Å². The molecule has 2 rings (SSSR count). The number of morpholine rings is 1. The highest BCUT2D eigenvalue weighted by atomic mass is 16.5. The maximum absolute atomic E-state index is 13.6. The predicted molar refractivity (Wildman–Crippen MR) is 132 cm³/mol. The number of carbonyl (C=O) groups is 5. The molecule has 0 radical (unpaired) electrons. The van der Waals surface area contributed by atoms with Crippen LogP contribution >= 0.6 is 0 Å². The Labute approximate surface area is 213 Å². The lowest BCUT2D eigenvalue weighted by atomic mass is 9.80. The fourth-order valence-electron chi connectivity index (χ4n) is 4.58. The van der Waals surface area contributed by atoms with Crippen molar-refractivity contribution in [2.75, 3.05) is 33.4 Å². The van der Waals surface area contributed by atoms with Gasteiger partial charge in [0.05, 0.1) is 26.4 Å². The van der Waals surface area contributed by atoms with E-state index in [1.807, 2.05) is 6.92 Å². The molecule has 0 aromatic rings. The number of nitrogens with one attached hydrogen (secondary N) is 3. The maximum atomic E-state index is 13.6. The van der Waals surface area contributed by atoms with Crippen molar-refractivity contribution in [1.29, 1.82) is 0 Å². The topological polar surface area (TPSA) is 143 Å². The SMILES string of the molecule is CCCC[C@H](NC(=O)C1(NC(=O)N2CCOCC2)CCCCC1)C(=O)C(=O)N[C@H](C(=O)OC)C(C)C. The fourth-order valence-corrected chi connectivity index (χ4v) is 4.58. The van der Waals surface area contributed by atoms with Crippen LogP contribution in [0.25, 0.3) is 0 Å². The number of nitrogens with zero attached hydrogens (tertiary/aromatic N) is 1. The molecule has 4 amide bonds. The molecule has 36 heavy (non-hydrogen) atoms. The molecule has 0 bridgehead atoms. The van der Waals surface area contributed by atoms with Crippen LogP contribution in [0.3, 0.4) is 0 Å². The summed E-state index contributed by atoms with van der Waals surface area (Å²) >= 11 is 0. The van der Waals surface area contributed by atoms with Crippen LogP contribution in [0.1, 0.15) is 72.1 Å². The Kier molecular flexibility index (Phi) is 11.6. The Balaban J connectivity index is 2.17. The van der Waals surface area contributed by atoms with Gasteiger partial charge in [-0.05, 0) is 25.2 Å². The van der Waals surface area contributed by atoms with Gasteiger partial charge in [-0.2, -0.15) is 0 Å². The second-order valence-electron chi connectivity index (χ2n) is 9.92. The number of ketones is 1. The van der Waals surface area contributed by atoms with Crippen molar-refractivity contribution in [2.45, 2.75) is 89.8 Å². The van der Waals surface area contributed by atoms with Gasteiger partial charge in [-0.25, -0.2) is 9.59 Å². The summed E-state index contributed by atoms with van der Waals surface area (Å²) in [6.07, 6.45) is 5.03. The van der Waals surface area contributed by atoms with Crippen molar-refractivity contribution in [3.8, 4) is 0 Å². The van der Waals surface area contributed by atoms with Crippen LogP contribution < -0.4 is 16.0 Å². The third-order valence-electron chi connectivity index (χ3n) is 6.89. The second kappa shape index (κ2) is 14.2. The van der Waals surface area contributed by atoms with Crippen molar-refractivity contribution in [3.05, 3.63) is 0 Å². The van der Waals surface area contributed by atoms with Gasteiger partial charge in [0, 0.05) is 13.1 Å². The van der Waals surface area contributed by atoms with Crippen molar-refractivity contribution in [3.63, 3.8) is 0 Å². The number of rotatable bonds is 11. The van der Waals surface area contributed by atoms with Crippen LogP contribution in [-0.2, 0) is 28.7 Å². The van der Waals surface area contributed by atoms with E-state index in [4.69, 9.17) is 9.47 Å². The Morgan fingerprint density at radius 3 is 2.19 bits per heavy atom. The van der Waals surface area contributed by atoms with Crippen molar-refractivity contribution < 1.29 is 33.4 Å². The second-order valence-corrected chi connectivity index (χ2v) is 9.92. The standard InChI is InChI=1S/C25H42N4O7/c1-5-6-10-18(20(30)21(31)27-19(17(2)3)22(32)35-4)26-23(33)25(11-8-7-9-12-25)28-24(34)29-13-15-36-16-14-29/h17-19H,5-16H2,1-4H3,(H,26,33)(H,27,31)(H,28,34)/t18-,19-/m0/s1. The van der Waals surface area contributed by atoms with Gasteiger partial charge in [0.2, 0.25) is 11.7 Å². The molecular formula is C25H42N4O7. The monoisotopic (exact) mass is 510 g/mol. The van der Waals surface area contributed by atoms with Crippen LogP contribution in [0.5, 0.6) is 0 Å². The number of esters is 1. The van der Waals surface area contributed by atoms with Gasteiger partial charge in [0.1, 0.15) is 11.6 Å². The maximum Gasteiger partial charge on any atom is 0.328 e. The highest BCUT2D eigenvalue weighted by Crippen LogP contribution is 2.29. The number of Topliss-reactive ketones (excluding diaryl/α,β-unsaturated/α-hetero) is 1. The van der Waals surface area contributed by atoms with Gasteiger partial charge in [-0.1, -0.05) is 52.9 Å². The van der Waals surface area contributed by atoms with Gasteiger partial charge in [-0.3, -0.25) is 14.4 Å². The number of urea groups is 1. The smallest absolute Gasteiger partial charge is 0.328 e. The number of methoxy groups -OCH3 is 1. The van der Waals surface area contributed by atoms with E-state index in [0.29, 0.717) is 45.6 Å². The number of unbranched alkanes of at least 4 members (excludes halogenated alkanes) is 1. The average Bonchev–Trinajstić information content (AvgIpc) is 2.89. The fraction of sp³-hybridized carbons (Fsp3) is 0.800. The zero-order valence-electron chi connectivity index (χ0n) is 22.0. The Hall–Kier alpha value is -2.69. The average molecular weight is 511 g/mol. The van der Waals surface area contributed by atoms with Gasteiger partial charge < -0.3 is 30.3 Å². The van der Waals surface area contributed by atoms with Gasteiger partial charge in [-0.15, -0.1) is 0 Å². The number of carbonyl (C=O) groups excluding carboxylic acids is 5. The summed E-state index contributed by atoms with van der Waals surface area (Å²) in [6.45, 7) is 7.17. The summed E-state index contributed by atoms with van der Waals surface area (Å²) < 4.78 is 10.0. The first kappa shape index (κ1) is 29.5. The molecule has 0 aromatic carbocycles.